The summed E-state index contributed by atoms with van der Waals surface area (Å²) in [4.78, 5) is 13.6. The Kier molecular flexibility index (Phi) is 10.6. The number of unbranched alkanes of at least 4 members (excludes halogenated alkanes) is 1. The first-order valence-corrected chi connectivity index (χ1v) is 9.69. The van der Waals surface area contributed by atoms with Crippen molar-refractivity contribution in [2.45, 2.75) is 45.6 Å². The Morgan fingerprint density at radius 3 is 2.48 bits per heavy atom. The lowest BCUT2D eigenvalue weighted by Gasteiger charge is -2.32. The molecule has 0 bridgehead atoms. The molecule has 1 aliphatic heterocycles. The highest BCUT2D eigenvalue weighted by molar-refractivity contribution is 14.0. The predicted octanol–water partition coefficient (Wildman–Crippen LogP) is 2.28. The Hall–Kier alpha value is -0.870. The number of aliphatic imine (C=N–C) groups is 1. The van der Waals surface area contributed by atoms with Crippen molar-refractivity contribution in [3.8, 4) is 0 Å². The Morgan fingerprint density at radius 1 is 1.19 bits per heavy atom. The maximum atomic E-state index is 5.80. The van der Waals surface area contributed by atoms with E-state index in [1.807, 2.05) is 6.20 Å². The first-order valence-electron chi connectivity index (χ1n) is 9.69. The van der Waals surface area contributed by atoms with E-state index in [2.05, 4.69) is 58.2 Å². The molecule has 0 amide bonds. The Morgan fingerprint density at radius 2 is 1.89 bits per heavy atom. The average molecular weight is 492 g/mol. The summed E-state index contributed by atoms with van der Waals surface area (Å²) in [6.45, 7) is 13.8. The molecule has 1 aliphatic rings. The summed E-state index contributed by atoms with van der Waals surface area (Å²) in [7, 11) is 3.98. The SMILES string of the molecule is CN=C(NCCCCN1CCN(C)CC1)NCc1ncc(C(C)(C)C)o1.I. The molecule has 1 saturated heterocycles. The summed E-state index contributed by atoms with van der Waals surface area (Å²) < 4.78 is 5.80. The van der Waals surface area contributed by atoms with Crippen LogP contribution in [0.15, 0.2) is 15.6 Å². The number of likely N-dealkylation sites (N-methyl/N-ethyl adjacent to an activating group) is 1. The number of oxazole rings is 1. The molecule has 0 radical (unpaired) electrons. The molecule has 0 saturated carbocycles. The van der Waals surface area contributed by atoms with Crippen LogP contribution in [-0.2, 0) is 12.0 Å². The number of hydrogen-bond donors (Lipinski definition) is 2. The number of nitrogens with one attached hydrogen (secondary N) is 2. The normalized spacial score (nSPS) is 16.9. The largest absolute Gasteiger partial charge is 0.443 e. The van der Waals surface area contributed by atoms with E-state index in [4.69, 9.17) is 4.42 Å². The lowest BCUT2D eigenvalue weighted by atomic mass is 9.94. The third kappa shape index (κ3) is 8.78. The van der Waals surface area contributed by atoms with Crippen LogP contribution in [0.1, 0.15) is 45.3 Å². The van der Waals surface area contributed by atoms with E-state index in [9.17, 15) is 0 Å². The summed E-state index contributed by atoms with van der Waals surface area (Å²) in [5, 5.41) is 6.63. The minimum atomic E-state index is -0.0189. The van der Waals surface area contributed by atoms with Crippen molar-refractivity contribution >= 4 is 29.9 Å². The number of nitrogens with zero attached hydrogens (tertiary/aromatic N) is 4. The van der Waals surface area contributed by atoms with Crippen molar-refractivity contribution < 1.29 is 4.42 Å². The third-order valence-electron chi connectivity index (χ3n) is 4.71. The van der Waals surface area contributed by atoms with Gasteiger partial charge in [-0.3, -0.25) is 4.99 Å². The van der Waals surface area contributed by atoms with Gasteiger partial charge in [-0.2, -0.15) is 0 Å². The maximum absolute atomic E-state index is 5.80. The van der Waals surface area contributed by atoms with E-state index in [0.717, 1.165) is 24.7 Å². The summed E-state index contributed by atoms with van der Waals surface area (Å²) >= 11 is 0. The van der Waals surface area contributed by atoms with E-state index < -0.39 is 0 Å². The molecule has 27 heavy (non-hydrogen) atoms. The van der Waals surface area contributed by atoms with Crippen LogP contribution < -0.4 is 10.6 Å². The van der Waals surface area contributed by atoms with Gasteiger partial charge in [-0.1, -0.05) is 20.8 Å². The third-order valence-corrected chi connectivity index (χ3v) is 4.71. The number of piperazine rings is 1. The van der Waals surface area contributed by atoms with Gasteiger partial charge in [0.05, 0.1) is 12.7 Å². The molecule has 1 aromatic heterocycles. The van der Waals surface area contributed by atoms with Crippen molar-refractivity contribution in [2.24, 2.45) is 4.99 Å². The second-order valence-corrected chi connectivity index (χ2v) is 8.07. The molecule has 2 N–H and O–H groups in total. The zero-order chi connectivity index (χ0) is 19.0. The van der Waals surface area contributed by atoms with Gasteiger partial charge in [-0.05, 0) is 26.4 Å². The maximum Gasteiger partial charge on any atom is 0.213 e. The molecule has 0 spiro atoms. The van der Waals surface area contributed by atoms with Crippen LogP contribution in [0.3, 0.4) is 0 Å². The highest BCUT2D eigenvalue weighted by atomic mass is 127. The highest BCUT2D eigenvalue weighted by Gasteiger charge is 2.19. The van der Waals surface area contributed by atoms with Crippen molar-refractivity contribution in [1.82, 2.24) is 25.4 Å². The molecule has 2 rings (SSSR count). The standard InChI is InChI=1S/C19H36N6O.HI/c1-19(2,3)16-14-22-17(26-16)15-23-18(20-4)21-8-6-7-9-25-12-10-24(5)11-13-25;/h14H,6-13,15H2,1-5H3,(H2,20,21,23);1H. The van der Waals surface area contributed by atoms with Crippen molar-refractivity contribution in [1.29, 1.82) is 0 Å². The monoisotopic (exact) mass is 492 g/mol. The second-order valence-electron chi connectivity index (χ2n) is 8.07. The van der Waals surface area contributed by atoms with Gasteiger partial charge >= 0.3 is 0 Å². The summed E-state index contributed by atoms with van der Waals surface area (Å²) in [5.74, 6) is 2.38. The van der Waals surface area contributed by atoms with Gasteiger partial charge in [-0.15, -0.1) is 24.0 Å². The number of guanidine groups is 1. The molecular formula is C19H37IN6O. The molecule has 0 aliphatic carbocycles. The Labute approximate surface area is 181 Å². The molecule has 0 unspecified atom stereocenters. The van der Waals surface area contributed by atoms with Crippen LogP contribution in [0, 0.1) is 0 Å². The van der Waals surface area contributed by atoms with Crippen LogP contribution in [-0.4, -0.2) is 74.1 Å². The summed E-state index contributed by atoms with van der Waals surface area (Å²) in [6.07, 6.45) is 4.16. The van der Waals surface area contributed by atoms with Crippen molar-refractivity contribution in [2.75, 3.05) is 53.4 Å². The van der Waals surface area contributed by atoms with Crippen LogP contribution >= 0.6 is 24.0 Å². The van der Waals surface area contributed by atoms with Gasteiger partial charge in [-0.25, -0.2) is 4.98 Å². The van der Waals surface area contributed by atoms with Crippen LogP contribution in [0.25, 0.3) is 0 Å². The number of aromatic nitrogens is 1. The number of rotatable bonds is 7. The predicted molar refractivity (Wildman–Crippen MR) is 122 cm³/mol. The Bertz CT molecular complexity index is 561. The van der Waals surface area contributed by atoms with E-state index in [0.29, 0.717) is 12.4 Å². The summed E-state index contributed by atoms with van der Waals surface area (Å²) in [6, 6.07) is 0. The Balaban J connectivity index is 0.00000364. The van der Waals surface area contributed by atoms with E-state index in [-0.39, 0.29) is 29.4 Å². The average Bonchev–Trinajstić information content (AvgIpc) is 3.08. The zero-order valence-electron chi connectivity index (χ0n) is 17.5. The fourth-order valence-corrected chi connectivity index (χ4v) is 2.86. The quantitative estimate of drug-likeness (QED) is 0.264. The van der Waals surface area contributed by atoms with E-state index >= 15 is 0 Å². The highest BCUT2D eigenvalue weighted by Crippen LogP contribution is 2.22. The molecule has 8 heteroatoms. The molecule has 156 valence electrons. The second kappa shape index (κ2) is 11.9. The van der Waals surface area contributed by atoms with Gasteiger partial charge in [0.25, 0.3) is 0 Å². The summed E-state index contributed by atoms with van der Waals surface area (Å²) in [5.41, 5.74) is -0.0189. The molecule has 0 aromatic carbocycles. The van der Waals surface area contributed by atoms with Gasteiger partial charge in [0.15, 0.2) is 5.96 Å². The number of halogens is 1. The molecule has 1 aromatic rings. The van der Waals surface area contributed by atoms with Crippen LogP contribution in [0.2, 0.25) is 0 Å². The molecule has 2 heterocycles. The topological polar surface area (TPSA) is 68.9 Å². The van der Waals surface area contributed by atoms with Gasteiger partial charge in [0.1, 0.15) is 5.76 Å². The van der Waals surface area contributed by atoms with Crippen LogP contribution in [0.4, 0.5) is 0 Å². The minimum absolute atomic E-state index is 0. The molecule has 1 fully saturated rings. The lowest BCUT2D eigenvalue weighted by Crippen LogP contribution is -2.44. The van der Waals surface area contributed by atoms with Gasteiger partial charge < -0.3 is 24.9 Å². The first kappa shape index (κ1) is 24.2. The number of hydrogen-bond acceptors (Lipinski definition) is 5. The van der Waals surface area contributed by atoms with Crippen molar-refractivity contribution in [3.63, 3.8) is 0 Å². The molecular weight excluding hydrogens is 455 g/mol. The molecule has 0 atom stereocenters. The van der Waals surface area contributed by atoms with Gasteiger partial charge in [0.2, 0.25) is 5.89 Å². The first-order chi connectivity index (χ1) is 12.4. The minimum Gasteiger partial charge on any atom is -0.443 e. The zero-order valence-corrected chi connectivity index (χ0v) is 19.9. The fourth-order valence-electron chi connectivity index (χ4n) is 2.86. The van der Waals surface area contributed by atoms with Crippen molar-refractivity contribution in [3.05, 3.63) is 17.8 Å². The smallest absolute Gasteiger partial charge is 0.213 e. The molecule has 7 nitrogen and oxygen atoms in total. The van der Waals surface area contributed by atoms with E-state index in [1.54, 1.807) is 7.05 Å². The van der Waals surface area contributed by atoms with E-state index in [1.165, 1.54) is 39.1 Å². The van der Waals surface area contributed by atoms with Gasteiger partial charge in [0, 0.05) is 45.2 Å². The lowest BCUT2D eigenvalue weighted by molar-refractivity contribution is 0.152. The fraction of sp³-hybridized carbons (Fsp3) is 0.789. The van der Waals surface area contributed by atoms with Crippen LogP contribution in [0.5, 0.6) is 0 Å².